The topological polar surface area (TPSA) is 90.5 Å². The Balaban J connectivity index is 1.26. The fraction of sp³-hybridized carbons (Fsp3) is 0.318. The van der Waals surface area contributed by atoms with Gasteiger partial charge in [0, 0.05) is 19.6 Å². The first-order valence-corrected chi connectivity index (χ1v) is 9.87. The average molecular weight is 390 g/mol. The van der Waals surface area contributed by atoms with E-state index in [2.05, 4.69) is 28.1 Å². The van der Waals surface area contributed by atoms with Gasteiger partial charge in [0.1, 0.15) is 12.1 Å². The Hall–Kier alpha value is -3.19. The lowest BCUT2D eigenvalue weighted by molar-refractivity contribution is -0.135. The molecule has 2 heterocycles. The van der Waals surface area contributed by atoms with Gasteiger partial charge in [0.05, 0.1) is 0 Å². The third kappa shape index (κ3) is 2.89. The van der Waals surface area contributed by atoms with E-state index >= 15 is 0 Å². The number of nitrogens with zero attached hydrogens (tertiary/aromatic N) is 1. The number of aryl methyl sites for hydroxylation is 1. The lowest BCUT2D eigenvalue weighted by Gasteiger charge is -2.22. The van der Waals surface area contributed by atoms with Crippen molar-refractivity contribution in [2.45, 2.75) is 38.0 Å². The van der Waals surface area contributed by atoms with Crippen LogP contribution in [0.3, 0.4) is 0 Å². The van der Waals surface area contributed by atoms with E-state index in [1.807, 2.05) is 30.3 Å². The lowest BCUT2D eigenvalue weighted by atomic mass is 9.92. The maximum Gasteiger partial charge on any atom is 0.325 e. The zero-order valence-electron chi connectivity index (χ0n) is 16.0. The zero-order valence-corrected chi connectivity index (χ0v) is 16.0. The Morgan fingerprint density at radius 3 is 2.79 bits per heavy atom. The molecule has 5 rings (SSSR count). The average Bonchev–Trinajstić information content (AvgIpc) is 3.40. The second kappa shape index (κ2) is 6.70. The van der Waals surface area contributed by atoms with E-state index in [1.165, 1.54) is 11.1 Å². The summed E-state index contributed by atoms with van der Waals surface area (Å²) in [7, 11) is 0. The summed E-state index contributed by atoms with van der Waals surface area (Å²) in [6.07, 6.45) is 1.26. The smallest absolute Gasteiger partial charge is 0.325 e. The van der Waals surface area contributed by atoms with Crippen molar-refractivity contribution in [2.75, 3.05) is 6.54 Å². The third-order valence-electron chi connectivity index (χ3n) is 6.12. The number of carbonyl (C=O) groups is 3. The predicted molar refractivity (Wildman–Crippen MR) is 106 cm³/mol. The summed E-state index contributed by atoms with van der Waals surface area (Å²) >= 11 is 0. The normalized spacial score (nSPS) is 22.0. The standard InChI is InChI=1S/C22H22N4O3/c27-19(24-10-14-5-6-16-11-23-12-17(16)9-14)13-26-20(28)22(25-21(26)29)8-7-15-3-1-2-4-18(15)22/h1-6,9,23H,7-8,10-13H2,(H,24,27)(H,25,29). The summed E-state index contributed by atoms with van der Waals surface area (Å²) in [5, 5.41) is 8.96. The van der Waals surface area contributed by atoms with Crippen LogP contribution in [0.15, 0.2) is 42.5 Å². The molecule has 0 saturated carbocycles. The number of hydrogen-bond donors (Lipinski definition) is 3. The maximum absolute atomic E-state index is 13.1. The Kier molecular flexibility index (Phi) is 4.13. The number of fused-ring (bicyclic) bond motifs is 3. The highest BCUT2D eigenvalue weighted by Gasteiger charge is 2.55. The van der Waals surface area contributed by atoms with Crippen molar-refractivity contribution in [2.24, 2.45) is 0 Å². The van der Waals surface area contributed by atoms with Gasteiger partial charge in [0.2, 0.25) is 5.91 Å². The summed E-state index contributed by atoms with van der Waals surface area (Å²) < 4.78 is 0. The molecule has 1 fully saturated rings. The number of rotatable bonds is 4. The summed E-state index contributed by atoms with van der Waals surface area (Å²) in [6, 6.07) is 13.3. The van der Waals surface area contributed by atoms with Crippen LogP contribution in [0.4, 0.5) is 4.79 Å². The predicted octanol–water partition coefficient (Wildman–Crippen LogP) is 1.30. The summed E-state index contributed by atoms with van der Waals surface area (Å²) in [6.45, 7) is 1.80. The van der Waals surface area contributed by atoms with Crippen molar-refractivity contribution < 1.29 is 14.4 Å². The summed E-state index contributed by atoms with van der Waals surface area (Å²) in [5.74, 6) is -0.693. The number of carbonyl (C=O) groups excluding carboxylic acids is 3. The fourth-order valence-corrected chi connectivity index (χ4v) is 4.59. The van der Waals surface area contributed by atoms with Gasteiger partial charge in [-0.25, -0.2) is 4.79 Å². The minimum Gasteiger partial charge on any atom is -0.350 e. The van der Waals surface area contributed by atoms with Crippen LogP contribution in [-0.2, 0) is 41.2 Å². The van der Waals surface area contributed by atoms with Gasteiger partial charge >= 0.3 is 6.03 Å². The Labute approximate surface area is 168 Å². The van der Waals surface area contributed by atoms with Gasteiger partial charge < -0.3 is 16.0 Å². The summed E-state index contributed by atoms with van der Waals surface area (Å²) in [5.41, 5.74) is 4.40. The Morgan fingerprint density at radius 2 is 1.90 bits per heavy atom. The summed E-state index contributed by atoms with van der Waals surface area (Å²) in [4.78, 5) is 39.1. The molecule has 2 aromatic rings. The first-order valence-electron chi connectivity index (χ1n) is 9.87. The molecule has 0 aromatic heterocycles. The van der Waals surface area contributed by atoms with E-state index < -0.39 is 11.6 Å². The second-order valence-corrected chi connectivity index (χ2v) is 7.87. The van der Waals surface area contributed by atoms with Crippen molar-refractivity contribution in [3.8, 4) is 0 Å². The molecule has 0 bridgehead atoms. The molecule has 2 aromatic carbocycles. The van der Waals surface area contributed by atoms with Crippen LogP contribution in [-0.4, -0.2) is 29.3 Å². The molecule has 3 N–H and O–H groups in total. The van der Waals surface area contributed by atoms with Crippen molar-refractivity contribution >= 4 is 17.8 Å². The lowest BCUT2D eigenvalue weighted by Crippen LogP contribution is -2.43. The third-order valence-corrected chi connectivity index (χ3v) is 6.12. The molecule has 1 spiro atoms. The van der Waals surface area contributed by atoms with Gasteiger partial charge in [-0.2, -0.15) is 0 Å². The highest BCUT2D eigenvalue weighted by molar-refractivity contribution is 6.09. The fourth-order valence-electron chi connectivity index (χ4n) is 4.59. The number of nitrogens with one attached hydrogen (secondary N) is 3. The van der Waals surface area contributed by atoms with Crippen molar-refractivity contribution in [1.29, 1.82) is 0 Å². The molecule has 0 radical (unpaired) electrons. The van der Waals surface area contributed by atoms with E-state index in [-0.39, 0.29) is 18.4 Å². The highest BCUT2D eigenvalue weighted by atomic mass is 16.2. The number of hydrogen-bond acceptors (Lipinski definition) is 4. The molecule has 7 nitrogen and oxygen atoms in total. The highest BCUT2D eigenvalue weighted by Crippen LogP contribution is 2.41. The van der Waals surface area contributed by atoms with Gasteiger partial charge in [-0.3, -0.25) is 14.5 Å². The van der Waals surface area contributed by atoms with Crippen LogP contribution in [0.5, 0.6) is 0 Å². The molecular weight excluding hydrogens is 368 g/mol. The number of urea groups is 1. The first-order chi connectivity index (χ1) is 14.1. The van der Waals surface area contributed by atoms with Crippen LogP contribution < -0.4 is 16.0 Å². The quantitative estimate of drug-likeness (QED) is 0.687. The van der Waals surface area contributed by atoms with Crippen LogP contribution in [0.1, 0.15) is 34.2 Å². The molecule has 1 atom stereocenters. The van der Waals surface area contributed by atoms with Crippen molar-refractivity contribution in [3.63, 3.8) is 0 Å². The van der Waals surface area contributed by atoms with E-state index in [4.69, 9.17) is 0 Å². The zero-order chi connectivity index (χ0) is 20.0. The SMILES string of the molecule is O=C(CN1C(=O)NC2(CCc3ccccc32)C1=O)NCc1ccc2c(c1)CNC2. The molecule has 148 valence electrons. The Morgan fingerprint density at radius 1 is 1.07 bits per heavy atom. The van der Waals surface area contributed by atoms with Gasteiger partial charge in [0.15, 0.2) is 0 Å². The minimum atomic E-state index is -1.03. The molecule has 1 unspecified atom stereocenters. The molecule has 2 aliphatic heterocycles. The maximum atomic E-state index is 13.1. The van der Waals surface area contributed by atoms with E-state index in [0.29, 0.717) is 13.0 Å². The number of benzene rings is 2. The number of amides is 4. The van der Waals surface area contributed by atoms with Gasteiger partial charge in [0.25, 0.3) is 5.91 Å². The van der Waals surface area contributed by atoms with E-state index in [9.17, 15) is 14.4 Å². The van der Waals surface area contributed by atoms with Crippen molar-refractivity contribution in [3.05, 3.63) is 70.3 Å². The molecule has 4 amide bonds. The second-order valence-electron chi connectivity index (χ2n) is 7.87. The first kappa shape index (κ1) is 17.9. The van der Waals surface area contributed by atoms with E-state index in [1.54, 1.807) is 0 Å². The molecule has 3 aliphatic rings. The molecule has 7 heteroatoms. The van der Waals surface area contributed by atoms with Crippen LogP contribution >= 0.6 is 0 Å². The van der Waals surface area contributed by atoms with Gasteiger partial charge in [-0.15, -0.1) is 0 Å². The molecular formula is C22H22N4O3. The van der Waals surface area contributed by atoms with Crippen LogP contribution in [0.2, 0.25) is 0 Å². The van der Waals surface area contributed by atoms with Gasteiger partial charge in [-0.05, 0) is 40.7 Å². The van der Waals surface area contributed by atoms with Crippen molar-refractivity contribution in [1.82, 2.24) is 20.9 Å². The molecule has 1 saturated heterocycles. The number of imide groups is 1. The largest absolute Gasteiger partial charge is 0.350 e. The van der Waals surface area contributed by atoms with Gasteiger partial charge in [-0.1, -0.05) is 42.5 Å². The minimum absolute atomic E-state index is 0.277. The molecule has 29 heavy (non-hydrogen) atoms. The van der Waals surface area contributed by atoms with Crippen LogP contribution in [0.25, 0.3) is 0 Å². The van der Waals surface area contributed by atoms with Crippen LogP contribution in [0, 0.1) is 0 Å². The monoisotopic (exact) mass is 390 g/mol. The Bertz CT molecular complexity index is 1030. The van der Waals surface area contributed by atoms with E-state index in [0.717, 1.165) is 41.1 Å². The molecule has 1 aliphatic carbocycles.